The zero-order valence-corrected chi connectivity index (χ0v) is 23.1. The Hall–Kier alpha value is -3.54. The Kier molecular flexibility index (Phi) is 7.43. The Balaban J connectivity index is 1.47. The molecule has 3 heterocycles. The van der Waals surface area contributed by atoms with E-state index in [9.17, 15) is 18.0 Å². The Morgan fingerprint density at radius 2 is 1.93 bits per heavy atom. The number of H-pyrrole nitrogens is 1. The zero-order valence-electron chi connectivity index (χ0n) is 23.1. The summed E-state index contributed by atoms with van der Waals surface area (Å²) in [6, 6.07) is 8.36. The van der Waals surface area contributed by atoms with Crippen molar-refractivity contribution < 1.29 is 22.7 Å². The van der Waals surface area contributed by atoms with Gasteiger partial charge in [0.2, 0.25) is 0 Å². The number of nitrogens with one attached hydrogen (secondary N) is 2. The second-order valence-electron chi connectivity index (χ2n) is 11.1. The summed E-state index contributed by atoms with van der Waals surface area (Å²) >= 11 is 0. The summed E-state index contributed by atoms with van der Waals surface area (Å²) in [6.45, 7) is 4.24. The van der Waals surface area contributed by atoms with Crippen molar-refractivity contribution >= 4 is 27.7 Å². The summed E-state index contributed by atoms with van der Waals surface area (Å²) in [5.41, 5.74) is 3.10. The third-order valence-electron chi connectivity index (χ3n) is 8.19. The van der Waals surface area contributed by atoms with Crippen LogP contribution in [0.1, 0.15) is 33.5 Å². The van der Waals surface area contributed by atoms with Crippen molar-refractivity contribution in [3.8, 4) is 11.3 Å². The molecule has 0 spiro atoms. The maximum absolute atomic E-state index is 14.4. The number of carbonyl (C=O) groups excluding carboxylic acids is 1. The van der Waals surface area contributed by atoms with Crippen molar-refractivity contribution in [1.82, 2.24) is 30.3 Å². The summed E-state index contributed by atoms with van der Waals surface area (Å²) in [5, 5.41) is 10.9. The molecule has 1 unspecified atom stereocenters. The SMILES string of the molecule is CN(C)CCNC(=O)c1ccc(-c2nc3c(C(F)(F)F)cc4[nH]ncc4c3c3c2CC(N2CCOCC2)CC3)cc1. The monoisotopic (exact) mass is 566 g/mol. The predicted octanol–water partition coefficient (Wildman–Crippen LogP) is 4.28. The first kappa shape index (κ1) is 27.6. The van der Waals surface area contributed by atoms with Crippen LogP contribution in [0.25, 0.3) is 33.1 Å². The van der Waals surface area contributed by atoms with Crippen LogP contribution in [0.15, 0.2) is 36.5 Å². The van der Waals surface area contributed by atoms with E-state index in [0.717, 1.165) is 36.7 Å². The highest BCUT2D eigenvalue weighted by Gasteiger charge is 2.37. The molecular formula is C30H33F3N6O2. The van der Waals surface area contributed by atoms with Gasteiger partial charge in [-0.1, -0.05) is 12.1 Å². The normalized spacial score (nSPS) is 18.2. The minimum Gasteiger partial charge on any atom is -0.379 e. The van der Waals surface area contributed by atoms with Crippen LogP contribution in [0, 0.1) is 0 Å². The number of likely N-dealkylation sites (N-methyl/N-ethyl adjacent to an activating group) is 1. The van der Waals surface area contributed by atoms with Crippen LogP contribution < -0.4 is 5.32 Å². The molecule has 41 heavy (non-hydrogen) atoms. The van der Waals surface area contributed by atoms with Crippen molar-refractivity contribution in [1.29, 1.82) is 0 Å². The van der Waals surface area contributed by atoms with E-state index in [0.29, 0.717) is 72.3 Å². The molecule has 1 aliphatic heterocycles. The number of nitrogens with zero attached hydrogens (tertiary/aromatic N) is 4. The van der Waals surface area contributed by atoms with Gasteiger partial charge in [-0.2, -0.15) is 18.3 Å². The number of morpholine rings is 1. The number of rotatable bonds is 6. The number of pyridine rings is 1. The lowest BCUT2D eigenvalue weighted by atomic mass is 9.82. The Labute approximate surface area is 235 Å². The molecule has 1 fully saturated rings. The quantitative estimate of drug-likeness (QED) is 0.363. The number of aromatic nitrogens is 3. The van der Waals surface area contributed by atoms with Crippen LogP contribution in [0.4, 0.5) is 13.2 Å². The van der Waals surface area contributed by atoms with E-state index < -0.39 is 11.7 Å². The van der Waals surface area contributed by atoms with Crippen LogP contribution in [0.2, 0.25) is 0 Å². The van der Waals surface area contributed by atoms with Gasteiger partial charge in [0, 0.05) is 54.1 Å². The molecule has 1 atom stereocenters. The predicted molar refractivity (Wildman–Crippen MR) is 151 cm³/mol. The highest BCUT2D eigenvalue weighted by atomic mass is 19.4. The molecule has 8 nitrogen and oxygen atoms in total. The second-order valence-corrected chi connectivity index (χ2v) is 11.1. The third kappa shape index (κ3) is 5.41. The highest BCUT2D eigenvalue weighted by molar-refractivity contribution is 6.09. The molecule has 11 heteroatoms. The van der Waals surface area contributed by atoms with Gasteiger partial charge in [0.25, 0.3) is 5.91 Å². The molecule has 6 rings (SSSR count). The van der Waals surface area contributed by atoms with Gasteiger partial charge in [-0.15, -0.1) is 0 Å². The molecule has 4 aromatic rings. The van der Waals surface area contributed by atoms with Gasteiger partial charge in [0.05, 0.1) is 41.7 Å². The van der Waals surface area contributed by atoms with Gasteiger partial charge < -0.3 is 15.0 Å². The number of alkyl halides is 3. The number of carbonyl (C=O) groups is 1. The lowest BCUT2D eigenvalue weighted by molar-refractivity contribution is -0.136. The molecule has 2 N–H and O–H groups in total. The van der Waals surface area contributed by atoms with Crippen molar-refractivity contribution in [2.45, 2.75) is 31.5 Å². The first-order valence-corrected chi connectivity index (χ1v) is 13.9. The number of aromatic amines is 1. The number of aryl methyl sites for hydroxylation is 1. The number of ether oxygens (including phenoxy) is 1. The number of halogens is 3. The van der Waals surface area contributed by atoms with E-state index in [-0.39, 0.29) is 17.5 Å². The lowest BCUT2D eigenvalue weighted by Crippen LogP contribution is -2.46. The maximum Gasteiger partial charge on any atom is 0.418 e. The Morgan fingerprint density at radius 1 is 1.17 bits per heavy atom. The van der Waals surface area contributed by atoms with Crippen molar-refractivity contribution in [2.24, 2.45) is 0 Å². The van der Waals surface area contributed by atoms with E-state index in [1.807, 2.05) is 19.0 Å². The minimum absolute atomic E-state index is 0.0597. The van der Waals surface area contributed by atoms with Crippen LogP contribution in [-0.2, 0) is 23.8 Å². The first-order valence-electron chi connectivity index (χ1n) is 13.9. The van der Waals surface area contributed by atoms with Crippen LogP contribution in [0.5, 0.6) is 0 Å². The first-order chi connectivity index (χ1) is 19.7. The Bertz CT molecular complexity index is 1580. The fourth-order valence-electron chi connectivity index (χ4n) is 6.10. The Morgan fingerprint density at radius 3 is 2.63 bits per heavy atom. The number of benzene rings is 2. The molecular weight excluding hydrogens is 533 g/mol. The van der Waals surface area contributed by atoms with Crippen LogP contribution in [-0.4, -0.2) is 90.4 Å². The van der Waals surface area contributed by atoms with E-state index in [1.165, 1.54) is 0 Å². The fourth-order valence-corrected chi connectivity index (χ4v) is 6.10. The summed E-state index contributed by atoms with van der Waals surface area (Å²) in [5.74, 6) is -0.194. The van der Waals surface area contributed by atoms with Crippen molar-refractivity contribution in [2.75, 3.05) is 53.5 Å². The van der Waals surface area contributed by atoms with E-state index >= 15 is 0 Å². The average Bonchev–Trinajstić information content (AvgIpc) is 3.44. The molecule has 2 aromatic carbocycles. The number of fused-ring (bicyclic) bond motifs is 5. The molecule has 2 aromatic heterocycles. The highest BCUT2D eigenvalue weighted by Crippen LogP contribution is 2.43. The standard InChI is InChI=1S/C30H33F3N6O2/c1-38(2)10-9-34-29(40)19-5-3-18(4-6-19)27-22-15-20(39-11-13-41-14-12-39)7-8-21(22)26-23-17-35-37-25(23)16-24(28(26)36-27)30(31,32)33/h3-6,16-17,20H,7-15H2,1-2H3,(H,34,40)(H,35,37). The summed E-state index contributed by atoms with van der Waals surface area (Å²) in [4.78, 5) is 21.8. The maximum atomic E-state index is 14.4. The topological polar surface area (TPSA) is 86.4 Å². The molecule has 1 amide bonds. The minimum atomic E-state index is -4.59. The van der Waals surface area contributed by atoms with Gasteiger partial charge in [0.15, 0.2) is 0 Å². The van der Waals surface area contributed by atoms with Gasteiger partial charge in [-0.3, -0.25) is 14.8 Å². The lowest BCUT2D eigenvalue weighted by Gasteiger charge is -2.38. The number of hydrogen-bond donors (Lipinski definition) is 2. The van der Waals surface area contributed by atoms with Gasteiger partial charge in [-0.05, 0) is 62.7 Å². The van der Waals surface area contributed by atoms with E-state index in [1.54, 1.807) is 30.5 Å². The molecule has 2 aliphatic rings. The molecule has 0 radical (unpaired) electrons. The third-order valence-corrected chi connectivity index (χ3v) is 8.19. The zero-order chi connectivity index (χ0) is 28.7. The van der Waals surface area contributed by atoms with E-state index in [4.69, 9.17) is 9.72 Å². The molecule has 0 bridgehead atoms. The molecule has 1 saturated heterocycles. The van der Waals surface area contributed by atoms with Crippen LogP contribution in [0.3, 0.4) is 0 Å². The van der Waals surface area contributed by atoms with Crippen molar-refractivity contribution in [3.63, 3.8) is 0 Å². The number of hydrogen-bond acceptors (Lipinski definition) is 6. The van der Waals surface area contributed by atoms with Crippen molar-refractivity contribution in [3.05, 3.63) is 58.8 Å². The fraction of sp³-hybridized carbons (Fsp3) is 0.433. The summed E-state index contributed by atoms with van der Waals surface area (Å²) < 4.78 is 48.7. The average molecular weight is 567 g/mol. The summed E-state index contributed by atoms with van der Waals surface area (Å²) in [6.07, 6.45) is -0.840. The van der Waals surface area contributed by atoms with Gasteiger partial charge in [0.1, 0.15) is 0 Å². The second kappa shape index (κ2) is 11.0. The number of amides is 1. The smallest absolute Gasteiger partial charge is 0.379 e. The molecule has 0 saturated carbocycles. The largest absolute Gasteiger partial charge is 0.418 e. The van der Waals surface area contributed by atoms with Gasteiger partial charge in [-0.25, -0.2) is 4.98 Å². The summed E-state index contributed by atoms with van der Waals surface area (Å²) in [7, 11) is 3.87. The van der Waals surface area contributed by atoms with E-state index in [2.05, 4.69) is 20.4 Å². The van der Waals surface area contributed by atoms with Crippen LogP contribution >= 0.6 is 0 Å². The van der Waals surface area contributed by atoms with Gasteiger partial charge >= 0.3 is 6.18 Å². The molecule has 216 valence electrons. The molecule has 1 aliphatic carbocycles.